The first-order valence-electron chi connectivity index (χ1n) is 13.5. The third-order valence-corrected chi connectivity index (χ3v) is 8.28. The number of aliphatic hydroxyl groups excluding tert-OH is 3. The fraction of sp³-hybridized carbons (Fsp3) is 0.464. The van der Waals surface area contributed by atoms with E-state index in [0.717, 1.165) is 6.07 Å². The second-order valence-corrected chi connectivity index (χ2v) is 11.3. The van der Waals surface area contributed by atoms with E-state index in [9.17, 15) is 28.9 Å². The van der Waals surface area contributed by atoms with Gasteiger partial charge in [-0.2, -0.15) is 4.39 Å². The Balaban J connectivity index is 1.54. The molecule has 232 valence electrons. The molecule has 2 aromatic carbocycles. The molecule has 3 N–H and O–H groups in total. The number of aromatic nitrogens is 3. The highest BCUT2D eigenvalue weighted by molar-refractivity contribution is 6.35. The Hall–Kier alpha value is -2.91. The second kappa shape index (κ2) is 13.0. The smallest absolute Gasteiger partial charge is 0.259 e. The molecule has 1 saturated heterocycles. The van der Waals surface area contributed by atoms with Crippen LogP contribution in [0.4, 0.5) is 14.5 Å². The minimum atomic E-state index is -1.43. The number of aliphatic hydroxyl groups is 3. The van der Waals surface area contributed by atoms with Gasteiger partial charge in [0, 0.05) is 28.4 Å². The molecule has 1 aromatic heterocycles. The van der Waals surface area contributed by atoms with Crippen molar-refractivity contribution in [3.63, 3.8) is 0 Å². The number of benzene rings is 2. The van der Waals surface area contributed by atoms with E-state index in [2.05, 4.69) is 10.3 Å². The number of hydrogen-bond acceptors (Lipinski definition) is 9. The average Bonchev–Trinajstić information content (AvgIpc) is 3.63. The Morgan fingerprint density at radius 1 is 1.14 bits per heavy atom. The van der Waals surface area contributed by atoms with Crippen molar-refractivity contribution < 1.29 is 43.1 Å². The SMILES string of the molecule is COc1cc(-c2cn(C3C(O)C(CO)OC(C(=O)N(c4cc(Cl)cc(Cl)c4)[C@H]4CCC[C@@H]4O)C3OC)nn2)cc(F)c1F. The van der Waals surface area contributed by atoms with Gasteiger partial charge in [0.2, 0.25) is 5.82 Å². The van der Waals surface area contributed by atoms with Gasteiger partial charge in [0.25, 0.3) is 5.91 Å². The van der Waals surface area contributed by atoms with Crippen LogP contribution in [-0.2, 0) is 14.3 Å². The zero-order valence-corrected chi connectivity index (χ0v) is 24.6. The molecule has 3 aromatic rings. The van der Waals surface area contributed by atoms with Crippen LogP contribution in [0.5, 0.6) is 5.75 Å². The Labute approximate surface area is 255 Å². The highest BCUT2D eigenvalue weighted by Crippen LogP contribution is 2.38. The molecule has 1 saturated carbocycles. The van der Waals surface area contributed by atoms with E-state index < -0.39 is 66.8 Å². The Bertz CT molecular complexity index is 1460. The van der Waals surface area contributed by atoms with Gasteiger partial charge in [0.1, 0.15) is 30.0 Å². The lowest BCUT2D eigenvalue weighted by Gasteiger charge is -2.45. The molecule has 7 atom stereocenters. The maximum Gasteiger partial charge on any atom is 0.259 e. The lowest BCUT2D eigenvalue weighted by Crippen LogP contribution is -2.62. The van der Waals surface area contributed by atoms with E-state index in [1.165, 1.54) is 54.3 Å². The van der Waals surface area contributed by atoms with Crippen LogP contribution >= 0.6 is 23.2 Å². The van der Waals surface area contributed by atoms with Crippen molar-refractivity contribution in [2.45, 2.75) is 61.9 Å². The zero-order chi connectivity index (χ0) is 31.0. The quantitative estimate of drug-likeness (QED) is 0.338. The van der Waals surface area contributed by atoms with Gasteiger partial charge in [-0.25, -0.2) is 9.07 Å². The van der Waals surface area contributed by atoms with Gasteiger partial charge in [0.15, 0.2) is 17.7 Å². The van der Waals surface area contributed by atoms with Crippen molar-refractivity contribution in [1.29, 1.82) is 0 Å². The molecule has 5 rings (SSSR count). The van der Waals surface area contributed by atoms with Crippen LogP contribution in [0.1, 0.15) is 25.3 Å². The van der Waals surface area contributed by atoms with E-state index in [-0.39, 0.29) is 27.1 Å². The van der Waals surface area contributed by atoms with Crippen LogP contribution in [0, 0.1) is 11.6 Å². The molecule has 0 bridgehead atoms. The monoisotopic (exact) mass is 642 g/mol. The van der Waals surface area contributed by atoms with E-state index in [1.54, 1.807) is 0 Å². The number of carbonyl (C=O) groups excluding carboxylic acids is 1. The first-order chi connectivity index (χ1) is 20.6. The summed E-state index contributed by atoms with van der Waals surface area (Å²) in [5.41, 5.74) is 0.576. The minimum absolute atomic E-state index is 0.110. The highest BCUT2D eigenvalue weighted by atomic mass is 35.5. The Kier molecular flexibility index (Phi) is 9.52. The van der Waals surface area contributed by atoms with Crippen LogP contribution in [0.15, 0.2) is 36.5 Å². The molecule has 5 unspecified atom stereocenters. The predicted molar refractivity (Wildman–Crippen MR) is 151 cm³/mol. The zero-order valence-electron chi connectivity index (χ0n) is 23.1. The number of ether oxygens (including phenoxy) is 3. The molecule has 1 amide bonds. The molecule has 2 aliphatic rings. The number of anilines is 1. The van der Waals surface area contributed by atoms with Crippen molar-refractivity contribution in [3.8, 4) is 17.0 Å². The van der Waals surface area contributed by atoms with Crippen LogP contribution in [-0.4, -0.2) is 93.6 Å². The third kappa shape index (κ3) is 6.07. The fourth-order valence-corrected chi connectivity index (χ4v) is 6.31. The summed E-state index contributed by atoms with van der Waals surface area (Å²) >= 11 is 12.5. The molecule has 1 aliphatic carbocycles. The fourth-order valence-electron chi connectivity index (χ4n) is 5.79. The normalized spacial score (nSPS) is 27.3. The summed E-state index contributed by atoms with van der Waals surface area (Å²) in [7, 11) is 2.51. The number of hydrogen-bond donors (Lipinski definition) is 3. The summed E-state index contributed by atoms with van der Waals surface area (Å²) in [6.45, 7) is -0.658. The van der Waals surface area contributed by atoms with Crippen molar-refractivity contribution in [3.05, 3.63) is 58.2 Å². The van der Waals surface area contributed by atoms with Crippen molar-refractivity contribution in [1.82, 2.24) is 15.0 Å². The van der Waals surface area contributed by atoms with Crippen LogP contribution < -0.4 is 9.64 Å². The van der Waals surface area contributed by atoms with Gasteiger partial charge in [-0.3, -0.25) is 4.79 Å². The molecular weight excluding hydrogens is 613 g/mol. The molecule has 11 nitrogen and oxygen atoms in total. The summed E-state index contributed by atoms with van der Waals surface area (Å²) in [6.07, 6.45) is -3.12. The lowest BCUT2D eigenvalue weighted by atomic mass is 9.91. The lowest BCUT2D eigenvalue weighted by molar-refractivity contribution is -0.211. The molecule has 15 heteroatoms. The van der Waals surface area contributed by atoms with E-state index in [1.807, 2.05) is 0 Å². The van der Waals surface area contributed by atoms with Crippen LogP contribution in [0.25, 0.3) is 11.3 Å². The first kappa shape index (κ1) is 31.5. The Morgan fingerprint density at radius 3 is 2.47 bits per heavy atom. The van der Waals surface area contributed by atoms with Crippen molar-refractivity contribution in [2.24, 2.45) is 0 Å². The van der Waals surface area contributed by atoms with Gasteiger partial charge >= 0.3 is 0 Å². The standard InChI is InChI=1S/C28H30Cl2F2N4O7/c1-41-21-7-13(6-17(31)23(21)32)18-11-35(34-33-18)24-25(39)22(12-37)43-27(26(24)42-2)28(40)36(19-4-3-5-20(19)38)16-9-14(29)8-15(30)10-16/h6-11,19-20,22,24-27,37-39H,3-5,12H2,1-2H3/t19-,20-,22?,24?,25?,26?,27?/m0/s1. The summed E-state index contributed by atoms with van der Waals surface area (Å²) in [5, 5.41) is 40.8. The number of rotatable bonds is 8. The maximum atomic E-state index is 14.4. The number of amides is 1. The first-order valence-corrected chi connectivity index (χ1v) is 14.2. The number of halogens is 4. The van der Waals surface area contributed by atoms with Crippen molar-refractivity contribution >= 4 is 34.8 Å². The predicted octanol–water partition coefficient (Wildman–Crippen LogP) is 3.16. The molecule has 2 heterocycles. The summed E-state index contributed by atoms with van der Waals surface area (Å²) < 4.78 is 46.0. The van der Waals surface area contributed by atoms with Crippen molar-refractivity contribution in [2.75, 3.05) is 25.7 Å². The number of carbonyl (C=O) groups is 1. The Morgan fingerprint density at radius 2 is 1.86 bits per heavy atom. The number of nitrogens with zero attached hydrogens (tertiary/aromatic N) is 4. The summed E-state index contributed by atoms with van der Waals surface area (Å²) in [6, 6.07) is 4.98. The van der Waals surface area contributed by atoms with Gasteiger partial charge in [-0.05, 0) is 49.6 Å². The molecule has 1 aliphatic heterocycles. The van der Waals surface area contributed by atoms with Gasteiger partial charge in [-0.15, -0.1) is 5.10 Å². The topological polar surface area (TPSA) is 139 Å². The molecule has 2 fully saturated rings. The van der Waals surface area contributed by atoms with Gasteiger partial charge < -0.3 is 34.4 Å². The van der Waals surface area contributed by atoms with E-state index in [4.69, 9.17) is 37.4 Å². The third-order valence-electron chi connectivity index (χ3n) is 7.85. The molecule has 43 heavy (non-hydrogen) atoms. The van der Waals surface area contributed by atoms with E-state index >= 15 is 0 Å². The van der Waals surface area contributed by atoms with Gasteiger partial charge in [0.05, 0.1) is 32.1 Å². The maximum absolute atomic E-state index is 14.4. The average molecular weight is 643 g/mol. The highest BCUT2D eigenvalue weighted by Gasteiger charge is 2.52. The summed E-state index contributed by atoms with van der Waals surface area (Å²) in [5.74, 6) is -3.29. The molecule has 0 radical (unpaired) electrons. The van der Waals surface area contributed by atoms with Crippen LogP contribution in [0.2, 0.25) is 10.0 Å². The largest absolute Gasteiger partial charge is 0.494 e. The van der Waals surface area contributed by atoms with Crippen LogP contribution in [0.3, 0.4) is 0 Å². The second-order valence-electron chi connectivity index (χ2n) is 10.4. The molecule has 0 spiro atoms. The molecular formula is C28H30Cl2F2N4O7. The van der Waals surface area contributed by atoms with E-state index in [0.29, 0.717) is 24.9 Å². The summed E-state index contributed by atoms with van der Waals surface area (Å²) in [4.78, 5) is 15.7. The van der Waals surface area contributed by atoms with Gasteiger partial charge in [-0.1, -0.05) is 28.4 Å². The number of methoxy groups -OCH3 is 2. The minimum Gasteiger partial charge on any atom is -0.494 e.